The van der Waals surface area contributed by atoms with Gasteiger partial charge in [0.1, 0.15) is 5.82 Å². The van der Waals surface area contributed by atoms with E-state index in [1.54, 1.807) is 0 Å². The monoisotopic (exact) mass is 275 g/mol. The van der Waals surface area contributed by atoms with Crippen LogP contribution in [0, 0.1) is 5.82 Å². The summed E-state index contributed by atoms with van der Waals surface area (Å²) in [4.78, 5) is 21.6. The van der Waals surface area contributed by atoms with Crippen molar-refractivity contribution in [3.05, 3.63) is 34.1 Å². The van der Waals surface area contributed by atoms with E-state index in [-0.39, 0.29) is 5.56 Å². The molecule has 0 radical (unpaired) electrons. The van der Waals surface area contributed by atoms with Crippen molar-refractivity contribution in [1.29, 1.82) is 0 Å². The molecule has 0 bridgehead atoms. The van der Waals surface area contributed by atoms with Gasteiger partial charge in [-0.05, 0) is 18.2 Å². The molecule has 0 atom stereocenters. The second-order valence-electron chi connectivity index (χ2n) is 2.57. The zero-order chi connectivity index (χ0) is 11.4. The average Bonchev–Trinajstić information content (AvgIpc) is 2.18. The van der Waals surface area contributed by atoms with Crippen LogP contribution in [0.4, 0.5) is 9.18 Å². The maximum Gasteiger partial charge on any atom is 0.330 e. The first kappa shape index (κ1) is 11.4. The van der Waals surface area contributed by atoms with Crippen molar-refractivity contribution >= 4 is 27.9 Å². The Balaban J connectivity index is 2.81. The van der Waals surface area contributed by atoms with Gasteiger partial charge in [0.2, 0.25) is 0 Å². The number of urea groups is 1. The van der Waals surface area contributed by atoms with Crippen LogP contribution < -0.4 is 16.6 Å². The van der Waals surface area contributed by atoms with Crippen LogP contribution >= 0.6 is 15.9 Å². The number of carbonyl (C=O) groups is 2. The number of benzene rings is 1. The fourth-order valence-corrected chi connectivity index (χ4v) is 1.22. The summed E-state index contributed by atoms with van der Waals surface area (Å²) in [6.07, 6.45) is 0. The molecule has 0 spiro atoms. The molecule has 0 unspecified atom stereocenters. The van der Waals surface area contributed by atoms with E-state index in [9.17, 15) is 14.0 Å². The molecule has 0 aliphatic rings. The lowest BCUT2D eigenvalue weighted by Gasteiger charge is -2.05. The first-order valence-corrected chi connectivity index (χ1v) is 4.61. The number of carbonyl (C=O) groups excluding carboxylic acids is 2. The normalized spacial score (nSPS) is 9.47. The van der Waals surface area contributed by atoms with Crippen LogP contribution in [0.25, 0.3) is 0 Å². The maximum absolute atomic E-state index is 13.1. The number of nitrogens with one attached hydrogen (secondary N) is 2. The number of hydrazine groups is 1. The molecular formula is C8H7BrFN3O2. The Bertz CT molecular complexity index is 411. The fourth-order valence-electron chi connectivity index (χ4n) is 0.857. The molecule has 1 rings (SSSR count). The van der Waals surface area contributed by atoms with Crippen LogP contribution in [-0.4, -0.2) is 11.9 Å². The highest BCUT2D eigenvalue weighted by atomic mass is 79.9. The predicted octanol–water partition coefficient (Wildman–Crippen LogP) is 0.901. The fraction of sp³-hybridized carbons (Fsp3) is 0. The SMILES string of the molecule is NC(=O)NNC(=O)c1cc(Br)ccc1F. The van der Waals surface area contributed by atoms with Crippen molar-refractivity contribution in [2.45, 2.75) is 0 Å². The third kappa shape index (κ3) is 3.21. The number of rotatable bonds is 1. The lowest BCUT2D eigenvalue weighted by atomic mass is 10.2. The topological polar surface area (TPSA) is 84.2 Å². The van der Waals surface area contributed by atoms with Crippen molar-refractivity contribution in [2.24, 2.45) is 5.73 Å². The molecule has 0 saturated carbocycles. The van der Waals surface area contributed by atoms with Gasteiger partial charge in [-0.2, -0.15) is 0 Å². The number of hydrogen-bond acceptors (Lipinski definition) is 2. The molecule has 0 saturated heterocycles. The molecule has 7 heteroatoms. The van der Waals surface area contributed by atoms with E-state index < -0.39 is 17.8 Å². The van der Waals surface area contributed by atoms with Gasteiger partial charge in [-0.25, -0.2) is 14.6 Å². The maximum atomic E-state index is 13.1. The predicted molar refractivity (Wildman–Crippen MR) is 54.3 cm³/mol. The Morgan fingerprint density at radius 2 is 2.00 bits per heavy atom. The van der Waals surface area contributed by atoms with Crippen LogP contribution in [0.3, 0.4) is 0 Å². The smallest absolute Gasteiger partial charge is 0.330 e. The van der Waals surface area contributed by atoms with Crippen LogP contribution in [0.1, 0.15) is 10.4 Å². The third-order valence-electron chi connectivity index (χ3n) is 1.47. The minimum Gasteiger partial charge on any atom is -0.350 e. The van der Waals surface area contributed by atoms with E-state index >= 15 is 0 Å². The van der Waals surface area contributed by atoms with E-state index in [0.717, 1.165) is 6.07 Å². The van der Waals surface area contributed by atoms with Gasteiger partial charge >= 0.3 is 6.03 Å². The zero-order valence-corrected chi connectivity index (χ0v) is 8.97. The Morgan fingerprint density at radius 1 is 1.33 bits per heavy atom. The first-order chi connectivity index (χ1) is 7.00. The molecule has 3 amide bonds. The largest absolute Gasteiger partial charge is 0.350 e. The molecule has 1 aromatic rings. The van der Waals surface area contributed by atoms with Crippen molar-refractivity contribution in [1.82, 2.24) is 10.9 Å². The lowest BCUT2D eigenvalue weighted by Crippen LogP contribution is -2.44. The highest BCUT2D eigenvalue weighted by Gasteiger charge is 2.11. The quantitative estimate of drug-likeness (QED) is 0.666. The van der Waals surface area contributed by atoms with Gasteiger partial charge in [-0.1, -0.05) is 15.9 Å². The van der Waals surface area contributed by atoms with Gasteiger partial charge in [-0.3, -0.25) is 10.2 Å². The van der Waals surface area contributed by atoms with E-state index in [2.05, 4.69) is 15.9 Å². The minimum atomic E-state index is -0.932. The molecule has 15 heavy (non-hydrogen) atoms. The van der Waals surface area contributed by atoms with Crippen LogP contribution in [0.5, 0.6) is 0 Å². The first-order valence-electron chi connectivity index (χ1n) is 3.81. The highest BCUT2D eigenvalue weighted by Crippen LogP contribution is 2.15. The van der Waals surface area contributed by atoms with Crippen molar-refractivity contribution in [3.8, 4) is 0 Å². The van der Waals surface area contributed by atoms with Gasteiger partial charge in [0, 0.05) is 4.47 Å². The Morgan fingerprint density at radius 3 is 2.60 bits per heavy atom. The van der Waals surface area contributed by atoms with Gasteiger partial charge < -0.3 is 5.73 Å². The third-order valence-corrected chi connectivity index (χ3v) is 1.97. The number of hydrogen-bond donors (Lipinski definition) is 3. The molecule has 0 aromatic heterocycles. The second kappa shape index (κ2) is 4.74. The van der Waals surface area contributed by atoms with Gasteiger partial charge in [0.15, 0.2) is 0 Å². The molecule has 1 aromatic carbocycles. The molecular weight excluding hydrogens is 269 g/mol. The number of primary amides is 1. The van der Waals surface area contributed by atoms with Crippen molar-refractivity contribution in [2.75, 3.05) is 0 Å². The molecule has 80 valence electrons. The summed E-state index contributed by atoms with van der Waals surface area (Å²) >= 11 is 3.09. The van der Waals surface area contributed by atoms with Gasteiger partial charge in [0.05, 0.1) is 5.56 Å². The van der Waals surface area contributed by atoms with E-state index in [4.69, 9.17) is 5.73 Å². The molecule has 0 fully saturated rings. The summed E-state index contributed by atoms with van der Waals surface area (Å²) in [7, 11) is 0. The van der Waals surface area contributed by atoms with Crippen LogP contribution in [0.15, 0.2) is 22.7 Å². The Hall–Kier alpha value is -1.63. The van der Waals surface area contributed by atoms with Crippen molar-refractivity contribution in [3.63, 3.8) is 0 Å². The van der Waals surface area contributed by atoms with E-state index in [1.807, 2.05) is 10.9 Å². The Kier molecular flexibility index (Phi) is 3.62. The average molecular weight is 276 g/mol. The van der Waals surface area contributed by atoms with Crippen molar-refractivity contribution < 1.29 is 14.0 Å². The molecule has 0 aliphatic carbocycles. The highest BCUT2D eigenvalue weighted by molar-refractivity contribution is 9.10. The summed E-state index contributed by atoms with van der Waals surface area (Å²) in [5.74, 6) is -1.48. The van der Waals surface area contributed by atoms with E-state index in [0.29, 0.717) is 4.47 Å². The minimum absolute atomic E-state index is 0.196. The molecule has 0 heterocycles. The zero-order valence-electron chi connectivity index (χ0n) is 7.38. The van der Waals surface area contributed by atoms with Crippen LogP contribution in [0.2, 0.25) is 0 Å². The van der Waals surface area contributed by atoms with E-state index in [1.165, 1.54) is 12.1 Å². The standard InChI is InChI=1S/C8H7BrFN3O2/c9-4-1-2-6(10)5(3-4)7(14)12-13-8(11)15/h1-3H,(H,12,14)(H3,11,13,15). The van der Waals surface area contributed by atoms with Crippen LogP contribution in [-0.2, 0) is 0 Å². The molecule has 0 aliphatic heterocycles. The summed E-state index contributed by atoms with van der Waals surface area (Å²) in [6.45, 7) is 0. The lowest BCUT2D eigenvalue weighted by molar-refractivity contribution is 0.0933. The number of nitrogens with two attached hydrogens (primary N) is 1. The summed E-state index contributed by atoms with van der Waals surface area (Å²) in [5, 5.41) is 0. The summed E-state index contributed by atoms with van der Waals surface area (Å²) in [5.41, 5.74) is 8.31. The number of amides is 3. The summed E-state index contributed by atoms with van der Waals surface area (Å²) in [6, 6.07) is 2.93. The van der Waals surface area contributed by atoms with Gasteiger partial charge in [-0.15, -0.1) is 0 Å². The number of halogens is 2. The second-order valence-corrected chi connectivity index (χ2v) is 3.48. The summed E-state index contributed by atoms with van der Waals surface area (Å²) < 4.78 is 13.7. The molecule has 4 N–H and O–H groups in total. The van der Waals surface area contributed by atoms with Gasteiger partial charge in [0.25, 0.3) is 5.91 Å². The Labute approximate surface area is 92.9 Å². The molecule has 5 nitrogen and oxygen atoms in total.